The second-order valence-electron chi connectivity index (χ2n) is 5.45. The molecule has 0 spiro atoms. The monoisotopic (exact) mass is 291 g/mol. The van der Waals surface area contributed by atoms with Gasteiger partial charge in [-0.3, -0.25) is 4.79 Å². The molecule has 20 heavy (non-hydrogen) atoms. The summed E-state index contributed by atoms with van der Waals surface area (Å²) in [5.74, 6) is 0.796. The first-order valence-electron chi connectivity index (χ1n) is 7.43. The van der Waals surface area contributed by atoms with Gasteiger partial charge in [-0.05, 0) is 37.8 Å². The summed E-state index contributed by atoms with van der Waals surface area (Å²) < 4.78 is 5.78. The molecule has 2 atom stereocenters. The van der Waals surface area contributed by atoms with E-state index in [9.17, 15) is 4.79 Å². The first kappa shape index (κ1) is 14.0. The van der Waals surface area contributed by atoms with Crippen molar-refractivity contribution in [2.45, 2.75) is 42.7 Å². The van der Waals surface area contributed by atoms with E-state index >= 15 is 0 Å². The SMILES string of the molecule is O=C(CSc1ccccc1)N1CCCC1C1CCCO1. The summed E-state index contributed by atoms with van der Waals surface area (Å²) in [6.45, 7) is 1.76. The van der Waals surface area contributed by atoms with Gasteiger partial charge in [0.15, 0.2) is 0 Å². The third-order valence-electron chi connectivity index (χ3n) is 4.12. The van der Waals surface area contributed by atoms with E-state index in [2.05, 4.69) is 17.0 Å². The maximum absolute atomic E-state index is 12.4. The van der Waals surface area contributed by atoms with E-state index in [0.717, 1.165) is 43.7 Å². The molecule has 2 heterocycles. The van der Waals surface area contributed by atoms with Gasteiger partial charge in [0.25, 0.3) is 0 Å². The highest BCUT2D eigenvalue weighted by Gasteiger charge is 2.36. The van der Waals surface area contributed by atoms with E-state index in [1.807, 2.05) is 18.2 Å². The lowest BCUT2D eigenvalue weighted by atomic mass is 10.1. The highest BCUT2D eigenvalue weighted by molar-refractivity contribution is 8.00. The zero-order valence-electron chi connectivity index (χ0n) is 11.7. The quantitative estimate of drug-likeness (QED) is 0.799. The zero-order valence-corrected chi connectivity index (χ0v) is 12.5. The van der Waals surface area contributed by atoms with Crippen molar-refractivity contribution in [2.24, 2.45) is 0 Å². The molecule has 4 heteroatoms. The Morgan fingerprint density at radius 2 is 2.10 bits per heavy atom. The van der Waals surface area contributed by atoms with E-state index in [0.29, 0.717) is 11.8 Å². The fourth-order valence-electron chi connectivity index (χ4n) is 3.14. The van der Waals surface area contributed by atoms with Crippen molar-refractivity contribution in [1.82, 2.24) is 4.90 Å². The third-order valence-corrected chi connectivity index (χ3v) is 5.12. The van der Waals surface area contributed by atoms with Crippen molar-refractivity contribution >= 4 is 17.7 Å². The van der Waals surface area contributed by atoms with Crippen molar-refractivity contribution in [3.63, 3.8) is 0 Å². The molecule has 0 N–H and O–H groups in total. The molecule has 3 nitrogen and oxygen atoms in total. The lowest BCUT2D eigenvalue weighted by molar-refractivity contribution is -0.131. The minimum Gasteiger partial charge on any atom is -0.376 e. The number of hydrogen-bond acceptors (Lipinski definition) is 3. The Hall–Kier alpha value is -1.00. The lowest BCUT2D eigenvalue weighted by Gasteiger charge is -2.28. The number of thioether (sulfide) groups is 1. The predicted octanol–water partition coefficient (Wildman–Crippen LogP) is 2.95. The van der Waals surface area contributed by atoms with Crippen LogP contribution in [-0.4, -0.2) is 41.9 Å². The van der Waals surface area contributed by atoms with Gasteiger partial charge in [-0.25, -0.2) is 0 Å². The molecule has 1 amide bonds. The summed E-state index contributed by atoms with van der Waals surface area (Å²) in [6.07, 6.45) is 4.75. The van der Waals surface area contributed by atoms with Gasteiger partial charge in [0.2, 0.25) is 5.91 Å². The molecule has 0 radical (unpaired) electrons. The average Bonchev–Trinajstić information content (AvgIpc) is 3.15. The van der Waals surface area contributed by atoms with E-state index in [-0.39, 0.29) is 12.0 Å². The lowest BCUT2D eigenvalue weighted by Crippen LogP contribution is -2.43. The number of likely N-dealkylation sites (tertiary alicyclic amines) is 1. The van der Waals surface area contributed by atoms with E-state index in [1.54, 1.807) is 11.8 Å². The Balaban J connectivity index is 1.55. The zero-order chi connectivity index (χ0) is 13.8. The fourth-order valence-corrected chi connectivity index (χ4v) is 3.94. The smallest absolute Gasteiger partial charge is 0.233 e. The molecular weight excluding hydrogens is 270 g/mol. The number of rotatable bonds is 4. The molecule has 3 rings (SSSR count). The van der Waals surface area contributed by atoms with Crippen molar-refractivity contribution in [3.8, 4) is 0 Å². The molecule has 1 aromatic rings. The molecule has 2 aliphatic heterocycles. The van der Waals surface area contributed by atoms with E-state index in [4.69, 9.17) is 4.74 Å². The summed E-state index contributed by atoms with van der Waals surface area (Å²) in [7, 11) is 0. The van der Waals surface area contributed by atoms with Gasteiger partial charge in [0, 0.05) is 18.0 Å². The molecule has 0 aliphatic carbocycles. The Bertz CT molecular complexity index is 445. The van der Waals surface area contributed by atoms with Crippen LogP contribution in [0.15, 0.2) is 35.2 Å². The Morgan fingerprint density at radius 3 is 2.85 bits per heavy atom. The first-order valence-corrected chi connectivity index (χ1v) is 8.42. The van der Waals surface area contributed by atoms with Crippen LogP contribution in [0.5, 0.6) is 0 Å². The molecule has 108 valence electrons. The molecule has 1 aromatic carbocycles. The van der Waals surface area contributed by atoms with Gasteiger partial charge in [0.05, 0.1) is 17.9 Å². The van der Waals surface area contributed by atoms with E-state index < -0.39 is 0 Å². The number of amides is 1. The van der Waals surface area contributed by atoms with Crippen LogP contribution in [0.1, 0.15) is 25.7 Å². The number of nitrogens with zero attached hydrogens (tertiary/aromatic N) is 1. The van der Waals surface area contributed by atoms with Gasteiger partial charge in [-0.2, -0.15) is 0 Å². The standard InChI is InChI=1S/C16H21NO2S/c18-16(12-20-13-6-2-1-3-7-13)17-10-4-8-14(17)15-9-5-11-19-15/h1-3,6-7,14-15H,4-5,8-12H2. The molecule has 0 bridgehead atoms. The maximum atomic E-state index is 12.4. The normalized spacial score (nSPS) is 26.1. The van der Waals surface area contributed by atoms with Crippen LogP contribution in [0.2, 0.25) is 0 Å². The summed E-state index contributed by atoms with van der Waals surface area (Å²) in [4.78, 5) is 15.7. The molecule has 2 fully saturated rings. The van der Waals surface area contributed by atoms with Crippen molar-refractivity contribution in [2.75, 3.05) is 18.9 Å². The Morgan fingerprint density at radius 1 is 1.25 bits per heavy atom. The van der Waals surface area contributed by atoms with Crippen LogP contribution in [0.4, 0.5) is 0 Å². The molecule has 0 aromatic heterocycles. The first-order chi connectivity index (χ1) is 9.84. The largest absolute Gasteiger partial charge is 0.376 e. The fraction of sp³-hybridized carbons (Fsp3) is 0.562. The van der Waals surface area contributed by atoms with Crippen molar-refractivity contribution in [1.29, 1.82) is 0 Å². The number of carbonyl (C=O) groups excluding carboxylic acids is 1. The molecule has 2 saturated heterocycles. The van der Waals surface area contributed by atoms with E-state index in [1.165, 1.54) is 0 Å². The van der Waals surface area contributed by atoms with Gasteiger partial charge in [-0.1, -0.05) is 18.2 Å². The summed E-state index contributed by atoms with van der Waals surface area (Å²) >= 11 is 1.63. The van der Waals surface area contributed by atoms with Gasteiger partial charge in [0.1, 0.15) is 0 Å². The van der Waals surface area contributed by atoms with Crippen LogP contribution in [0.25, 0.3) is 0 Å². The van der Waals surface area contributed by atoms with Gasteiger partial charge in [-0.15, -0.1) is 11.8 Å². The van der Waals surface area contributed by atoms with Gasteiger partial charge >= 0.3 is 0 Å². The second kappa shape index (κ2) is 6.64. The second-order valence-corrected chi connectivity index (χ2v) is 6.50. The Kier molecular flexibility index (Phi) is 4.63. The molecular formula is C16H21NO2S. The van der Waals surface area contributed by atoms with Crippen molar-refractivity contribution in [3.05, 3.63) is 30.3 Å². The maximum Gasteiger partial charge on any atom is 0.233 e. The number of ether oxygens (including phenoxy) is 1. The number of hydrogen-bond donors (Lipinski definition) is 0. The average molecular weight is 291 g/mol. The molecule has 2 aliphatic rings. The number of carbonyl (C=O) groups is 1. The summed E-state index contributed by atoms with van der Waals surface area (Å²) in [5, 5.41) is 0. The molecule has 0 saturated carbocycles. The topological polar surface area (TPSA) is 29.5 Å². The van der Waals surface area contributed by atoms with Crippen LogP contribution in [-0.2, 0) is 9.53 Å². The highest BCUT2D eigenvalue weighted by atomic mass is 32.2. The van der Waals surface area contributed by atoms with Gasteiger partial charge < -0.3 is 9.64 Å². The van der Waals surface area contributed by atoms with Crippen LogP contribution >= 0.6 is 11.8 Å². The summed E-state index contributed by atoms with van der Waals surface area (Å²) in [5.41, 5.74) is 0. The molecule has 2 unspecified atom stereocenters. The van der Waals surface area contributed by atoms with Crippen LogP contribution in [0.3, 0.4) is 0 Å². The highest BCUT2D eigenvalue weighted by Crippen LogP contribution is 2.29. The summed E-state index contributed by atoms with van der Waals surface area (Å²) in [6, 6.07) is 10.5. The predicted molar refractivity (Wildman–Crippen MR) is 80.9 cm³/mol. The third kappa shape index (κ3) is 3.18. The minimum absolute atomic E-state index is 0.261. The van der Waals surface area contributed by atoms with Crippen molar-refractivity contribution < 1.29 is 9.53 Å². The minimum atomic E-state index is 0.261. The van der Waals surface area contributed by atoms with Crippen LogP contribution in [0, 0.1) is 0 Å². The Labute approximate surface area is 124 Å². The number of benzene rings is 1. The van der Waals surface area contributed by atoms with Crippen LogP contribution < -0.4 is 0 Å².